The molecule has 0 radical (unpaired) electrons. The van der Waals surface area contributed by atoms with Crippen molar-refractivity contribution in [1.29, 1.82) is 0 Å². The molecular formula is C22H25N3O. The first kappa shape index (κ1) is 16.9. The third-order valence-electron chi connectivity index (χ3n) is 5.35. The van der Waals surface area contributed by atoms with Crippen molar-refractivity contribution in [3.05, 3.63) is 71.9 Å². The molecule has 0 N–H and O–H groups in total. The number of aromatic nitrogens is 1. The van der Waals surface area contributed by atoms with Gasteiger partial charge in [0, 0.05) is 56.9 Å². The van der Waals surface area contributed by atoms with Gasteiger partial charge >= 0.3 is 0 Å². The zero-order valence-electron chi connectivity index (χ0n) is 15.3. The number of hydrogen-bond acceptors (Lipinski definition) is 2. The van der Waals surface area contributed by atoms with E-state index in [0.29, 0.717) is 0 Å². The maximum absolute atomic E-state index is 13.0. The molecule has 134 valence electrons. The molecule has 0 saturated carbocycles. The lowest BCUT2D eigenvalue weighted by Crippen LogP contribution is -2.49. The summed E-state index contributed by atoms with van der Waals surface area (Å²) in [4.78, 5) is 17.5. The molecule has 2 aromatic carbocycles. The van der Waals surface area contributed by atoms with Crippen LogP contribution in [-0.2, 0) is 13.5 Å². The summed E-state index contributed by atoms with van der Waals surface area (Å²) in [5, 5.41) is 1.05. The zero-order chi connectivity index (χ0) is 17.9. The highest BCUT2D eigenvalue weighted by Crippen LogP contribution is 2.22. The van der Waals surface area contributed by atoms with Crippen molar-refractivity contribution >= 4 is 16.8 Å². The Kier molecular flexibility index (Phi) is 4.76. The second-order valence-corrected chi connectivity index (χ2v) is 7.04. The van der Waals surface area contributed by atoms with E-state index in [0.717, 1.165) is 55.6 Å². The van der Waals surface area contributed by atoms with E-state index in [4.69, 9.17) is 0 Å². The Bertz CT molecular complexity index is 892. The Morgan fingerprint density at radius 2 is 1.62 bits per heavy atom. The van der Waals surface area contributed by atoms with Crippen LogP contribution in [0.4, 0.5) is 0 Å². The molecular weight excluding hydrogens is 322 g/mol. The van der Waals surface area contributed by atoms with E-state index < -0.39 is 0 Å². The van der Waals surface area contributed by atoms with Crippen molar-refractivity contribution in [2.75, 3.05) is 32.7 Å². The third kappa shape index (κ3) is 3.37. The van der Waals surface area contributed by atoms with Crippen LogP contribution in [0.5, 0.6) is 0 Å². The van der Waals surface area contributed by atoms with Gasteiger partial charge in [-0.15, -0.1) is 0 Å². The number of hydrogen-bond donors (Lipinski definition) is 0. The highest BCUT2D eigenvalue weighted by Gasteiger charge is 2.24. The molecule has 0 aliphatic carbocycles. The number of piperazine rings is 1. The molecule has 1 fully saturated rings. The van der Waals surface area contributed by atoms with Gasteiger partial charge < -0.3 is 9.47 Å². The summed E-state index contributed by atoms with van der Waals surface area (Å²) in [6.45, 7) is 4.56. The number of amides is 1. The predicted octanol–water partition coefficient (Wildman–Crippen LogP) is 3.18. The topological polar surface area (TPSA) is 28.5 Å². The summed E-state index contributed by atoms with van der Waals surface area (Å²) in [5.41, 5.74) is 3.31. The van der Waals surface area contributed by atoms with Crippen molar-refractivity contribution in [3.8, 4) is 0 Å². The minimum Gasteiger partial charge on any atom is -0.350 e. The average Bonchev–Trinajstić information content (AvgIpc) is 3.04. The molecule has 4 rings (SSSR count). The van der Waals surface area contributed by atoms with Gasteiger partial charge in [-0.3, -0.25) is 9.69 Å². The largest absolute Gasteiger partial charge is 0.350 e. The molecule has 0 spiro atoms. The van der Waals surface area contributed by atoms with E-state index in [1.807, 2.05) is 40.9 Å². The summed E-state index contributed by atoms with van der Waals surface area (Å²) in [6, 6.07) is 18.7. The van der Waals surface area contributed by atoms with Gasteiger partial charge in [-0.1, -0.05) is 48.5 Å². The number of benzene rings is 2. The van der Waals surface area contributed by atoms with Gasteiger partial charge in [-0.05, 0) is 18.1 Å². The maximum atomic E-state index is 13.0. The maximum Gasteiger partial charge on any atom is 0.256 e. The average molecular weight is 347 g/mol. The molecule has 0 unspecified atom stereocenters. The number of carbonyl (C=O) groups is 1. The highest BCUT2D eigenvalue weighted by molar-refractivity contribution is 6.07. The van der Waals surface area contributed by atoms with Gasteiger partial charge in [0.2, 0.25) is 0 Å². The fraction of sp³-hybridized carbons (Fsp3) is 0.318. The molecule has 1 saturated heterocycles. The first-order valence-electron chi connectivity index (χ1n) is 9.32. The van der Waals surface area contributed by atoms with Gasteiger partial charge in [0.15, 0.2) is 0 Å². The molecule has 1 aliphatic rings. The number of nitrogens with zero attached hydrogens (tertiary/aromatic N) is 3. The van der Waals surface area contributed by atoms with Crippen LogP contribution in [-0.4, -0.2) is 53.0 Å². The highest BCUT2D eigenvalue weighted by atomic mass is 16.2. The van der Waals surface area contributed by atoms with Crippen LogP contribution < -0.4 is 0 Å². The summed E-state index contributed by atoms with van der Waals surface area (Å²) < 4.78 is 2.04. The first-order chi connectivity index (χ1) is 12.7. The molecule has 2 heterocycles. The van der Waals surface area contributed by atoms with Gasteiger partial charge in [-0.2, -0.15) is 0 Å². The molecule has 0 atom stereocenters. The van der Waals surface area contributed by atoms with Crippen LogP contribution in [0.15, 0.2) is 60.8 Å². The minimum absolute atomic E-state index is 0.157. The van der Waals surface area contributed by atoms with Crippen LogP contribution in [0.25, 0.3) is 10.9 Å². The lowest BCUT2D eigenvalue weighted by atomic mass is 10.1. The lowest BCUT2D eigenvalue weighted by molar-refractivity contribution is 0.0640. The van der Waals surface area contributed by atoms with E-state index >= 15 is 0 Å². The Morgan fingerprint density at radius 3 is 2.38 bits per heavy atom. The summed E-state index contributed by atoms with van der Waals surface area (Å²) in [6.07, 6.45) is 3.03. The second kappa shape index (κ2) is 7.34. The van der Waals surface area contributed by atoms with Gasteiger partial charge in [0.1, 0.15) is 0 Å². The monoisotopic (exact) mass is 347 g/mol. The number of para-hydroxylation sites is 1. The van der Waals surface area contributed by atoms with Crippen molar-refractivity contribution in [2.45, 2.75) is 6.42 Å². The summed E-state index contributed by atoms with van der Waals surface area (Å²) in [5.74, 6) is 0.157. The zero-order valence-corrected chi connectivity index (χ0v) is 15.3. The third-order valence-corrected chi connectivity index (χ3v) is 5.35. The molecule has 1 aliphatic heterocycles. The number of rotatable bonds is 4. The van der Waals surface area contributed by atoms with E-state index in [1.165, 1.54) is 5.56 Å². The Balaban J connectivity index is 1.37. The summed E-state index contributed by atoms with van der Waals surface area (Å²) in [7, 11) is 2.00. The number of carbonyl (C=O) groups excluding carboxylic acids is 1. The summed E-state index contributed by atoms with van der Waals surface area (Å²) >= 11 is 0. The Hall–Kier alpha value is -2.59. The molecule has 3 aromatic rings. The predicted molar refractivity (Wildman–Crippen MR) is 105 cm³/mol. The fourth-order valence-electron chi connectivity index (χ4n) is 3.79. The van der Waals surface area contributed by atoms with E-state index in [2.05, 4.69) is 41.3 Å². The van der Waals surface area contributed by atoms with Gasteiger partial charge in [0.05, 0.1) is 5.56 Å². The number of fused-ring (bicyclic) bond motifs is 1. The molecule has 0 bridgehead atoms. The number of aryl methyl sites for hydroxylation is 1. The van der Waals surface area contributed by atoms with E-state index in [9.17, 15) is 4.79 Å². The Morgan fingerprint density at radius 1 is 0.923 bits per heavy atom. The van der Waals surface area contributed by atoms with Crippen LogP contribution >= 0.6 is 0 Å². The molecule has 1 aromatic heterocycles. The second-order valence-electron chi connectivity index (χ2n) is 7.04. The molecule has 26 heavy (non-hydrogen) atoms. The van der Waals surface area contributed by atoms with E-state index in [1.54, 1.807) is 0 Å². The standard InChI is InChI=1S/C22H25N3O/c1-23-17-20(19-9-5-6-10-21(19)23)22(26)25-15-13-24(14-16-25)12-11-18-7-3-2-4-8-18/h2-10,17H,11-16H2,1H3. The SMILES string of the molecule is Cn1cc(C(=O)N2CCN(CCc3ccccc3)CC2)c2ccccc21. The normalized spacial score (nSPS) is 15.5. The lowest BCUT2D eigenvalue weighted by Gasteiger charge is -2.34. The molecule has 4 nitrogen and oxygen atoms in total. The molecule has 4 heteroatoms. The van der Waals surface area contributed by atoms with Crippen LogP contribution in [0, 0.1) is 0 Å². The van der Waals surface area contributed by atoms with Crippen LogP contribution in [0.2, 0.25) is 0 Å². The van der Waals surface area contributed by atoms with Crippen molar-refractivity contribution in [2.24, 2.45) is 7.05 Å². The first-order valence-corrected chi connectivity index (χ1v) is 9.32. The van der Waals surface area contributed by atoms with Gasteiger partial charge in [0.25, 0.3) is 5.91 Å². The van der Waals surface area contributed by atoms with Crippen molar-refractivity contribution in [3.63, 3.8) is 0 Å². The fourth-order valence-corrected chi connectivity index (χ4v) is 3.79. The van der Waals surface area contributed by atoms with E-state index in [-0.39, 0.29) is 5.91 Å². The van der Waals surface area contributed by atoms with Crippen molar-refractivity contribution < 1.29 is 4.79 Å². The van der Waals surface area contributed by atoms with Crippen molar-refractivity contribution in [1.82, 2.24) is 14.4 Å². The molecule has 1 amide bonds. The van der Waals surface area contributed by atoms with Gasteiger partial charge in [-0.25, -0.2) is 0 Å². The smallest absolute Gasteiger partial charge is 0.256 e. The van der Waals surface area contributed by atoms with Crippen LogP contribution in [0.1, 0.15) is 15.9 Å². The quantitative estimate of drug-likeness (QED) is 0.725. The minimum atomic E-state index is 0.157. The van der Waals surface area contributed by atoms with Crippen LogP contribution in [0.3, 0.4) is 0 Å². The Labute approximate surface area is 154 Å².